The molecular weight excluding hydrogens is 345 g/mol. The Balaban J connectivity index is 2.30. The Morgan fingerprint density at radius 1 is 1.26 bits per heavy atom. The van der Waals surface area contributed by atoms with E-state index < -0.39 is 16.7 Å². The number of alkyl halides is 2. The number of amides is 1. The van der Waals surface area contributed by atoms with E-state index in [-0.39, 0.29) is 17.5 Å². The number of halogens is 2. The van der Waals surface area contributed by atoms with Crippen molar-refractivity contribution in [2.45, 2.75) is 11.8 Å². The monoisotopic (exact) mass is 357 g/mol. The van der Waals surface area contributed by atoms with Crippen LogP contribution < -0.4 is 10.9 Å². The average molecular weight is 358 g/mol. The fraction of sp³-hybridized carbons (Fsp3) is 0.214. The van der Waals surface area contributed by atoms with Gasteiger partial charge in [0.25, 0.3) is 5.91 Å². The predicted octanol–water partition coefficient (Wildman–Crippen LogP) is 2.68. The first kappa shape index (κ1) is 17.1. The molecule has 7 nitrogen and oxygen atoms in total. The van der Waals surface area contributed by atoms with Gasteiger partial charge in [0.15, 0.2) is 4.84 Å². The van der Waals surface area contributed by atoms with Crippen LogP contribution in [0.3, 0.4) is 0 Å². The highest BCUT2D eigenvalue weighted by Crippen LogP contribution is 2.26. The van der Waals surface area contributed by atoms with Crippen molar-refractivity contribution in [3.63, 3.8) is 0 Å². The van der Waals surface area contributed by atoms with Crippen LogP contribution in [0.4, 0.5) is 5.88 Å². The summed E-state index contributed by atoms with van der Waals surface area (Å²) < 4.78 is 10.1. The van der Waals surface area contributed by atoms with E-state index in [0.717, 1.165) is 5.56 Å². The van der Waals surface area contributed by atoms with Crippen molar-refractivity contribution in [1.29, 1.82) is 0 Å². The number of aryl methyl sites for hydroxylation is 1. The van der Waals surface area contributed by atoms with E-state index in [0.29, 0.717) is 5.56 Å². The van der Waals surface area contributed by atoms with Crippen molar-refractivity contribution in [2.24, 2.45) is 0 Å². The summed E-state index contributed by atoms with van der Waals surface area (Å²) >= 11 is 10.8. The molecule has 0 aliphatic heterocycles. The van der Waals surface area contributed by atoms with E-state index in [1.54, 1.807) is 12.1 Å². The van der Waals surface area contributed by atoms with E-state index in [1.807, 2.05) is 19.1 Å². The molecule has 1 aromatic carbocycles. The van der Waals surface area contributed by atoms with E-state index in [4.69, 9.17) is 27.6 Å². The van der Waals surface area contributed by atoms with Crippen LogP contribution in [0.2, 0.25) is 0 Å². The number of carbonyl (C=O) groups is 2. The number of ether oxygens (including phenoxy) is 1. The van der Waals surface area contributed by atoms with Crippen LogP contribution in [0.5, 0.6) is 0 Å². The Bertz CT molecular complexity index is 713. The van der Waals surface area contributed by atoms with Gasteiger partial charge in [0, 0.05) is 5.56 Å². The lowest BCUT2D eigenvalue weighted by Gasteiger charge is -2.06. The molecule has 0 fully saturated rings. The first-order valence-corrected chi connectivity index (χ1v) is 7.30. The number of aromatic nitrogens is 1. The second-order valence-corrected chi connectivity index (χ2v) is 5.57. The molecule has 0 saturated carbocycles. The molecule has 0 aliphatic rings. The van der Waals surface area contributed by atoms with Gasteiger partial charge >= 0.3 is 5.97 Å². The number of anilines is 1. The zero-order valence-corrected chi connectivity index (χ0v) is 13.7. The molecule has 1 heterocycles. The van der Waals surface area contributed by atoms with Gasteiger partial charge < -0.3 is 9.15 Å². The predicted molar refractivity (Wildman–Crippen MR) is 85.3 cm³/mol. The molecule has 0 atom stereocenters. The highest BCUT2D eigenvalue weighted by atomic mass is 35.5. The summed E-state index contributed by atoms with van der Waals surface area (Å²) in [4.78, 5) is 25.9. The Kier molecular flexibility index (Phi) is 5.46. The number of benzene rings is 1. The Labute approximate surface area is 141 Å². The molecule has 0 bridgehead atoms. The smallest absolute Gasteiger partial charge is 0.362 e. The molecule has 2 aromatic rings. The first-order valence-electron chi connectivity index (χ1n) is 6.42. The number of nitrogens with one attached hydrogen (secondary N) is 2. The van der Waals surface area contributed by atoms with Crippen LogP contribution in [-0.2, 0) is 9.53 Å². The van der Waals surface area contributed by atoms with E-state index in [2.05, 4.69) is 20.6 Å². The molecule has 9 heteroatoms. The summed E-state index contributed by atoms with van der Waals surface area (Å²) in [7, 11) is 1.21. The minimum Gasteiger partial charge on any atom is -0.464 e. The summed E-state index contributed by atoms with van der Waals surface area (Å²) in [6.07, 6.45) is 0. The standard InChI is InChI=1S/C14H13Cl2N3O4/c1-7-3-5-8(6-4-7)12-17-9(14(21)22-2)13(23-12)19-18-11(20)10(15)16/h3-6,10,19H,1-2H3,(H,18,20). The quantitative estimate of drug-likeness (QED) is 0.485. The van der Waals surface area contributed by atoms with Crippen molar-refractivity contribution in [1.82, 2.24) is 10.4 Å². The second-order valence-electron chi connectivity index (χ2n) is 4.47. The lowest BCUT2D eigenvalue weighted by atomic mass is 10.1. The maximum Gasteiger partial charge on any atom is 0.362 e. The van der Waals surface area contributed by atoms with Gasteiger partial charge in [-0.25, -0.2) is 4.79 Å². The molecule has 0 radical (unpaired) electrons. The minimum absolute atomic E-state index is 0.0882. The van der Waals surface area contributed by atoms with Gasteiger partial charge in [-0.3, -0.25) is 15.6 Å². The van der Waals surface area contributed by atoms with Crippen LogP contribution in [0.1, 0.15) is 16.1 Å². The molecule has 0 spiro atoms. The molecule has 2 N–H and O–H groups in total. The van der Waals surface area contributed by atoms with Crippen LogP contribution in [0, 0.1) is 6.92 Å². The zero-order valence-electron chi connectivity index (χ0n) is 12.2. The van der Waals surface area contributed by atoms with Gasteiger partial charge in [0.1, 0.15) is 0 Å². The van der Waals surface area contributed by atoms with Gasteiger partial charge in [0.2, 0.25) is 17.5 Å². The number of esters is 1. The third kappa shape index (κ3) is 4.14. The molecule has 122 valence electrons. The maximum atomic E-state index is 11.8. The molecule has 1 aromatic heterocycles. The Morgan fingerprint density at radius 2 is 1.91 bits per heavy atom. The van der Waals surface area contributed by atoms with Gasteiger partial charge in [-0.15, -0.1) is 0 Å². The number of hydrogen-bond donors (Lipinski definition) is 2. The number of hydrazine groups is 1. The summed E-state index contributed by atoms with van der Waals surface area (Å²) in [5, 5.41) is 0. The van der Waals surface area contributed by atoms with Crippen LogP contribution >= 0.6 is 23.2 Å². The molecule has 1 amide bonds. The average Bonchev–Trinajstić information content (AvgIpc) is 2.96. The fourth-order valence-corrected chi connectivity index (χ4v) is 1.74. The lowest BCUT2D eigenvalue weighted by molar-refractivity contribution is -0.119. The molecule has 23 heavy (non-hydrogen) atoms. The zero-order chi connectivity index (χ0) is 17.0. The summed E-state index contributed by atoms with van der Waals surface area (Å²) in [6.45, 7) is 1.94. The lowest BCUT2D eigenvalue weighted by Crippen LogP contribution is -2.33. The van der Waals surface area contributed by atoms with Gasteiger partial charge in [0.05, 0.1) is 7.11 Å². The molecule has 2 rings (SSSR count). The molecule has 0 saturated heterocycles. The number of rotatable bonds is 5. The number of nitrogens with zero attached hydrogens (tertiary/aromatic N) is 1. The number of oxazole rings is 1. The van der Waals surface area contributed by atoms with Gasteiger partial charge in [-0.1, -0.05) is 40.9 Å². The second kappa shape index (κ2) is 7.34. The van der Waals surface area contributed by atoms with E-state index >= 15 is 0 Å². The maximum absolute atomic E-state index is 11.8. The summed E-state index contributed by atoms with van der Waals surface area (Å²) in [6, 6.07) is 7.33. The van der Waals surface area contributed by atoms with Crippen LogP contribution in [0.25, 0.3) is 11.5 Å². The first-order chi connectivity index (χ1) is 10.9. The number of hydrogen-bond acceptors (Lipinski definition) is 6. The van der Waals surface area contributed by atoms with Crippen molar-refractivity contribution in [3.05, 3.63) is 35.5 Å². The largest absolute Gasteiger partial charge is 0.464 e. The SMILES string of the molecule is COC(=O)c1nc(-c2ccc(C)cc2)oc1NNC(=O)C(Cl)Cl. The molecule has 0 aliphatic carbocycles. The third-order valence-corrected chi connectivity index (χ3v) is 3.20. The number of methoxy groups -OCH3 is 1. The normalized spacial score (nSPS) is 10.5. The highest BCUT2D eigenvalue weighted by molar-refractivity contribution is 6.53. The Morgan fingerprint density at radius 3 is 2.48 bits per heavy atom. The van der Waals surface area contributed by atoms with Crippen molar-refractivity contribution >= 4 is 41.0 Å². The number of carbonyl (C=O) groups excluding carboxylic acids is 2. The molecular formula is C14H13Cl2N3O4. The van der Waals surface area contributed by atoms with Gasteiger partial charge in [-0.05, 0) is 19.1 Å². The van der Waals surface area contributed by atoms with Crippen LogP contribution in [-0.4, -0.2) is 28.8 Å². The van der Waals surface area contributed by atoms with Crippen molar-refractivity contribution < 1.29 is 18.7 Å². The van der Waals surface area contributed by atoms with E-state index in [9.17, 15) is 9.59 Å². The van der Waals surface area contributed by atoms with Crippen molar-refractivity contribution in [3.8, 4) is 11.5 Å². The highest BCUT2D eigenvalue weighted by Gasteiger charge is 2.22. The van der Waals surface area contributed by atoms with Crippen LogP contribution in [0.15, 0.2) is 28.7 Å². The third-order valence-electron chi connectivity index (χ3n) is 2.80. The van der Waals surface area contributed by atoms with Crippen molar-refractivity contribution in [2.75, 3.05) is 12.5 Å². The minimum atomic E-state index is -1.27. The van der Waals surface area contributed by atoms with Gasteiger partial charge in [-0.2, -0.15) is 4.98 Å². The fourth-order valence-electron chi connectivity index (χ4n) is 1.63. The van der Waals surface area contributed by atoms with E-state index in [1.165, 1.54) is 7.11 Å². The Hall–Kier alpha value is -2.25. The molecule has 0 unspecified atom stereocenters. The summed E-state index contributed by atoms with van der Waals surface area (Å²) in [5.74, 6) is -1.33. The summed E-state index contributed by atoms with van der Waals surface area (Å²) in [5.41, 5.74) is 6.21. The topological polar surface area (TPSA) is 93.5 Å².